The molecular weight excluding hydrogens is 641 g/mol. The van der Waals surface area contributed by atoms with Crippen molar-refractivity contribution in [3.8, 4) is 0 Å². The second kappa shape index (κ2) is 9.34. The molecule has 2 amide bonds. The molecule has 1 aromatic carbocycles. The number of hydrogen-bond acceptors (Lipinski definition) is 3. The fourth-order valence-electron chi connectivity index (χ4n) is 1.79. The highest BCUT2D eigenvalue weighted by molar-refractivity contribution is 14.1. The van der Waals surface area contributed by atoms with Gasteiger partial charge in [0.05, 0.1) is 27.6 Å². The minimum absolute atomic E-state index is 0.0705. The smallest absolute Gasteiger partial charge is 0.338 e. The van der Waals surface area contributed by atoms with Gasteiger partial charge in [0, 0.05) is 13.3 Å². The Kier molecular flexibility index (Phi) is 8.47. The molecule has 0 spiro atoms. The van der Waals surface area contributed by atoms with Crippen LogP contribution in [0.3, 0.4) is 0 Å². The maximum absolute atomic E-state index is 12.0. The van der Waals surface area contributed by atoms with Crippen LogP contribution in [0, 0.1) is 10.7 Å². The Morgan fingerprint density at radius 2 is 1.52 bits per heavy atom. The topological polar surface area (TPSA) is 95.5 Å². The molecular formula is C14H15I3N2O4. The number of anilines is 2. The summed E-state index contributed by atoms with van der Waals surface area (Å²) in [6.45, 7) is 3.34. The Balaban J connectivity index is 3.43. The van der Waals surface area contributed by atoms with Crippen LogP contribution in [-0.4, -0.2) is 22.9 Å². The molecule has 1 rings (SSSR count). The molecule has 0 bridgehead atoms. The number of halogens is 3. The highest BCUT2D eigenvalue weighted by Gasteiger charge is 2.25. The zero-order valence-electron chi connectivity index (χ0n) is 12.4. The van der Waals surface area contributed by atoms with E-state index in [2.05, 4.69) is 10.6 Å². The van der Waals surface area contributed by atoms with Crippen LogP contribution in [0.15, 0.2) is 0 Å². The van der Waals surface area contributed by atoms with E-state index in [1.807, 2.05) is 74.7 Å². The first-order valence-electron chi connectivity index (χ1n) is 6.71. The molecule has 0 aliphatic heterocycles. The van der Waals surface area contributed by atoms with Crippen LogP contribution in [0.2, 0.25) is 0 Å². The van der Waals surface area contributed by atoms with Crippen LogP contribution >= 0.6 is 67.8 Å². The molecule has 0 saturated carbocycles. The Morgan fingerprint density at radius 3 is 1.96 bits per heavy atom. The maximum Gasteiger partial charge on any atom is 0.338 e. The quantitative estimate of drug-likeness (QED) is 0.399. The number of carbonyl (C=O) groups is 3. The Morgan fingerprint density at radius 1 is 1.00 bits per heavy atom. The summed E-state index contributed by atoms with van der Waals surface area (Å²) in [5, 5.41) is 14.9. The summed E-state index contributed by atoms with van der Waals surface area (Å²) in [5.74, 6) is -1.58. The van der Waals surface area contributed by atoms with Crippen molar-refractivity contribution >= 4 is 96.9 Å². The standard InChI is InChI=1S/C14H15I3N2O4/c1-3-4-5-7(21)19-13-10(16)8(14(22)23)9(15)12(11(13)17)18-6(2)20/h3-5H2,1-2H3,(H,18,20)(H,19,21)(H,22,23). The summed E-state index contributed by atoms with van der Waals surface area (Å²) < 4.78 is 1.50. The third-order valence-corrected chi connectivity index (χ3v) is 6.09. The van der Waals surface area contributed by atoms with Gasteiger partial charge in [-0.1, -0.05) is 13.3 Å². The molecule has 0 heterocycles. The highest BCUT2D eigenvalue weighted by Crippen LogP contribution is 2.39. The summed E-state index contributed by atoms with van der Waals surface area (Å²) >= 11 is 5.81. The number of aromatic carboxylic acids is 1. The van der Waals surface area contributed by atoms with E-state index in [9.17, 15) is 19.5 Å². The number of rotatable bonds is 6. The molecule has 0 aromatic heterocycles. The number of benzene rings is 1. The first-order chi connectivity index (χ1) is 10.7. The van der Waals surface area contributed by atoms with Gasteiger partial charge >= 0.3 is 5.97 Å². The fraction of sp³-hybridized carbons (Fsp3) is 0.357. The van der Waals surface area contributed by atoms with E-state index < -0.39 is 5.97 Å². The van der Waals surface area contributed by atoms with Crippen LogP contribution in [-0.2, 0) is 9.59 Å². The van der Waals surface area contributed by atoms with Crippen molar-refractivity contribution in [3.05, 3.63) is 16.3 Å². The number of carbonyl (C=O) groups excluding carboxylic acids is 2. The monoisotopic (exact) mass is 656 g/mol. The van der Waals surface area contributed by atoms with Gasteiger partial charge in [0.2, 0.25) is 11.8 Å². The predicted molar refractivity (Wildman–Crippen MR) is 114 cm³/mol. The molecule has 1 aromatic rings. The fourth-order valence-corrected chi connectivity index (χ4v) is 5.95. The Bertz CT molecular complexity index is 662. The van der Waals surface area contributed by atoms with Crippen molar-refractivity contribution in [1.29, 1.82) is 0 Å². The van der Waals surface area contributed by atoms with Gasteiger partial charge in [-0.25, -0.2) is 4.79 Å². The van der Waals surface area contributed by atoms with Crippen LogP contribution in [0.25, 0.3) is 0 Å². The molecule has 0 atom stereocenters. The highest BCUT2D eigenvalue weighted by atomic mass is 127. The summed E-state index contributed by atoms with van der Waals surface area (Å²) in [4.78, 5) is 35.0. The normalized spacial score (nSPS) is 10.3. The SMILES string of the molecule is CCCCC(=O)Nc1c(I)c(NC(C)=O)c(I)c(C(=O)O)c1I. The first kappa shape index (κ1) is 20.9. The molecule has 0 radical (unpaired) electrons. The minimum atomic E-state index is -1.11. The predicted octanol–water partition coefficient (Wildman–Crippen LogP) is 4.29. The second-order valence-electron chi connectivity index (χ2n) is 4.71. The molecule has 126 valence electrons. The number of amides is 2. The zero-order valence-corrected chi connectivity index (χ0v) is 18.9. The van der Waals surface area contributed by atoms with Gasteiger partial charge in [-0.3, -0.25) is 9.59 Å². The zero-order chi connectivity index (χ0) is 17.7. The number of hydrogen-bond donors (Lipinski definition) is 3. The van der Waals surface area contributed by atoms with Gasteiger partial charge in [0.1, 0.15) is 0 Å². The molecule has 9 heteroatoms. The Labute approximate surface area is 175 Å². The van der Waals surface area contributed by atoms with Gasteiger partial charge in [0.15, 0.2) is 0 Å². The number of unbranched alkanes of at least 4 members (excludes halogenated alkanes) is 1. The van der Waals surface area contributed by atoms with Crippen molar-refractivity contribution in [2.24, 2.45) is 0 Å². The second-order valence-corrected chi connectivity index (χ2v) is 7.94. The van der Waals surface area contributed by atoms with E-state index in [0.29, 0.717) is 28.5 Å². The molecule has 3 N–H and O–H groups in total. The summed E-state index contributed by atoms with van der Waals surface area (Å²) in [7, 11) is 0. The van der Waals surface area contributed by atoms with Crippen LogP contribution in [0.1, 0.15) is 43.5 Å². The molecule has 0 aliphatic rings. The summed E-state index contributed by atoms with van der Waals surface area (Å²) in [5.41, 5.74) is 0.900. The van der Waals surface area contributed by atoms with E-state index >= 15 is 0 Å². The van der Waals surface area contributed by atoms with Crippen molar-refractivity contribution in [2.75, 3.05) is 10.6 Å². The largest absolute Gasteiger partial charge is 0.478 e. The average molecular weight is 656 g/mol. The summed E-state index contributed by atoms with van der Waals surface area (Å²) in [6, 6.07) is 0. The third kappa shape index (κ3) is 5.41. The molecule has 0 unspecified atom stereocenters. The third-order valence-electron chi connectivity index (χ3n) is 2.85. The van der Waals surface area contributed by atoms with Crippen molar-refractivity contribution in [2.45, 2.75) is 33.1 Å². The first-order valence-corrected chi connectivity index (χ1v) is 9.95. The minimum Gasteiger partial charge on any atom is -0.478 e. The number of carboxylic acid groups (broad SMARTS) is 1. The molecule has 6 nitrogen and oxygen atoms in total. The number of nitrogens with one attached hydrogen (secondary N) is 2. The number of carboxylic acids is 1. The van der Waals surface area contributed by atoms with Crippen molar-refractivity contribution in [1.82, 2.24) is 0 Å². The van der Waals surface area contributed by atoms with E-state index in [1.54, 1.807) is 0 Å². The van der Waals surface area contributed by atoms with Crippen molar-refractivity contribution < 1.29 is 19.5 Å². The van der Waals surface area contributed by atoms with Crippen molar-refractivity contribution in [3.63, 3.8) is 0 Å². The molecule has 0 saturated heterocycles. The molecule has 0 aliphatic carbocycles. The van der Waals surface area contributed by atoms with Gasteiger partial charge < -0.3 is 15.7 Å². The average Bonchev–Trinajstić information content (AvgIpc) is 2.45. The van der Waals surface area contributed by atoms with E-state index in [0.717, 1.165) is 12.8 Å². The van der Waals surface area contributed by atoms with E-state index in [-0.39, 0.29) is 17.4 Å². The van der Waals surface area contributed by atoms with Crippen LogP contribution < -0.4 is 10.6 Å². The molecule has 23 heavy (non-hydrogen) atoms. The van der Waals surface area contributed by atoms with Gasteiger partial charge in [-0.15, -0.1) is 0 Å². The van der Waals surface area contributed by atoms with Gasteiger partial charge in [0.25, 0.3) is 0 Å². The van der Waals surface area contributed by atoms with Crippen LogP contribution in [0.5, 0.6) is 0 Å². The van der Waals surface area contributed by atoms with Gasteiger partial charge in [-0.2, -0.15) is 0 Å². The lowest BCUT2D eigenvalue weighted by Gasteiger charge is -2.18. The van der Waals surface area contributed by atoms with Gasteiger partial charge in [-0.05, 0) is 74.2 Å². The van der Waals surface area contributed by atoms with E-state index in [1.165, 1.54) is 6.92 Å². The van der Waals surface area contributed by atoms with E-state index in [4.69, 9.17) is 0 Å². The lowest BCUT2D eigenvalue weighted by Crippen LogP contribution is -2.19. The summed E-state index contributed by atoms with van der Waals surface area (Å²) in [6.07, 6.45) is 2.02. The van der Waals surface area contributed by atoms with Crippen LogP contribution in [0.4, 0.5) is 11.4 Å². The maximum atomic E-state index is 12.0. The lowest BCUT2D eigenvalue weighted by molar-refractivity contribution is -0.116. The lowest BCUT2D eigenvalue weighted by atomic mass is 10.1. The Hall–Kier alpha value is -0.180. The molecule has 0 fully saturated rings.